The highest BCUT2D eigenvalue weighted by atomic mass is 35.5. The molecule has 0 atom stereocenters. The van der Waals surface area contributed by atoms with Crippen molar-refractivity contribution >= 4 is 38.8 Å². The molecule has 0 radical (unpaired) electrons. The summed E-state index contributed by atoms with van der Waals surface area (Å²) in [5.41, 5.74) is 3.20. The van der Waals surface area contributed by atoms with Crippen LogP contribution in [0.5, 0.6) is 0 Å². The second-order valence-electron chi connectivity index (χ2n) is 9.52. The highest BCUT2D eigenvalue weighted by molar-refractivity contribution is 7.20. The molecule has 1 N–H and O–H groups in total. The summed E-state index contributed by atoms with van der Waals surface area (Å²) in [6, 6.07) is 18.5. The van der Waals surface area contributed by atoms with Crippen molar-refractivity contribution in [3.05, 3.63) is 65.2 Å². The number of hydrogen-bond donors (Lipinski definition) is 1. The Balaban J connectivity index is 1.35. The molecule has 33 heavy (non-hydrogen) atoms. The molecule has 1 aliphatic rings. The smallest absolute Gasteiger partial charge is 0.216 e. The molecule has 1 saturated heterocycles. The number of aromatic nitrogens is 3. The molecule has 4 aromatic rings. The zero-order valence-corrected chi connectivity index (χ0v) is 20.8. The van der Waals surface area contributed by atoms with Crippen LogP contribution in [-0.4, -0.2) is 51.2 Å². The van der Waals surface area contributed by atoms with Gasteiger partial charge in [-0.25, -0.2) is 4.98 Å². The number of hydrogen-bond acceptors (Lipinski definition) is 6. The molecule has 172 valence electrons. The number of nitrogens with one attached hydrogen (secondary N) is 1. The normalized spacial score (nSPS) is 15.3. The highest BCUT2D eigenvalue weighted by Crippen LogP contribution is 2.35. The highest BCUT2D eigenvalue weighted by Gasteiger charge is 2.25. The predicted molar refractivity (Wildman–Crippen MR) is 139 cm³/mol. The summed E-state index contributed by atoms with van der Waals surface area (Å²) >= 11 is 7.81. The van der Waals surface area contributed by atoms with Crippen molar-refractivity contribution in [2.24, 2.45) is 0 Å². The van der Waals surface area contributed by atoms with Gasteiger partial charge < -0.3 is 10.2 Å². The largest absolute Gasteiger partial charge is 0.364 e. The van der Waals surface area contributed by atoms with E-state index in [2.05, 4.69) is 60.2 Å². The van der Waals surface area contributed by atoms with Gasteiger partial charge in [-0.05, 0) is 38.5 Å². The second kappa shape index (κ2) is 8.97. The molecular weight excluding hydrogens is 452 g/mol. The van der Waals surface area contributed by atoms with Crippen molar-refractivity contribution in [2.75, 3.05) is 36.4 Å². The molecular formula is C25H29ClN6S. The Bertz CT molecular complexity index is 1240. The van der Waals surface area contributed by atoms with Gasteiger partial charge in [-0.2, -0.15) is 4.52 Å². The van der Waals surface area contributed by atoms with Gasteiger partial charge in [0, 0.05) is 48.8 Å². The van der Waals surface area contributed by atoms with E-state index in [1.165, 1.54) is 5.56 Å². The number of rotatable bonds is 5. The number of halogens is 1. The van der Waals surface area contributed by atoms with E-state index in [1.54, 1.807) is 11.3 Å². The summed E-state index contributed by atoms with van der Waals surface area (Å²) in [5, 5.41) is 10.4. The Morgan fingerprint density at radius 3 is 2.45 bits per heavy atom. The monoisotopic (exact) mass is 480 g/mol. The van der Waals surface area contributed by atoms with E-state index in [9.17, 15) is 0 Å². The lowest BCUT2D eigenvalue weighted by atomic mass is 10.1. The molecule has 0 amide bonds. The lowest BCUT2D eigenvalue weighted by Crippen LogP contribution is -2.46. The van der Waals surface area contributed by atoms with Crippen molar-refractivity contribution in [2.45, 2.75) is 32.9 Å². The minimum Gasteiger partial charge on any atom is -0.364 e. The zero-order chi connectivity index (χ0) is 23.0. The van der Waals surface area contributed by atoms with Crippen LogP contribution in [0.15, 0.2) is 54.6 Å². The zero-order valence-electron chi connectivity index (χ0n) is 19.3. The van der Waals surface area contributed by atoms with Gasteiger partial charge in [-0.3, -0.25) is 4.90 Å². The van der Waals surface area contributed by atoms with Crippen molar-refractivity contribution in [3.63, 3.8) is 0 Å². The van der Waals surface area contributed by atoms with Gasteiger partial charge in [0.1, 0.15) is 5.69 Å². The first kappa shape index (κ1) is 22.2. The summed E-state index contributed by atoms with van der Waals surface area (Å²) in [5.74, 6) is 0.950. The first-order chi connectivity index (χ1) is 15.9. The molecule has 0 aliphatic carbocycles. The fraction of sp³-hybridized carbons (Fsp3) is 0.360. The molecule has 0 saturated carbocycles. The third-order valence-electron chi connectivity index (χ3n) is 5.67. The molecule has 1 aliphatic heterocycles. The predicted octanol–water partition coefficient (Wildman–Crippen LogP) is 5.64. The van der Waals surface area contributed by atoms with E-state index in [0.29, 0.717) is 0 Å². The van der Waals surface area contributed by atoms with Crippen LogP contribution in [-0.2, 0) is 6.54 Å². The molecule has 8 heteroatoms. The lowest BCUT2D eigenvalue weighted by Gasteiger charge is -2.34. The van der Waals surface area contributed by atoms with Crippen molar-refractivity contribution < 1.29 is 0 Å². The third-order valence-corrected chi connectivity index (χ3v) is 6.88. The molecule has 0 unspecified atom stereocenters. The number of nitrogens with zero attached hydrogens (tertiary/aromatic N) is 5. The number of benzene rings is 2. The molecule has 1 fully saturated rings. The summed E-state index contributed by atoms with van der Waals surface area (Å²) in [4.78, 5) is 10.7. The van der Waals surface area contributed by atoms with Crippen LogP contribution < -0.4 is 10.2 Å². The molecule has 3 heterocycles. The van der Waals surface area contributed by atoms with Crippen LogP contribution in [0.4, 0.5) is 10.9 Å². The van der Waals surface area contributed by atoms with Crippen LogP contribution >= 0.6 is 22.9 Å². The lowest BCUT2D eigenvalue weighted by molar-refractivity contribution is 0.249. The van der Waals surface area contributed by atoms with Crippen molar-refractivity contribution in [1.29, 1.82) is 0 Å². The fourth-order valence-electron chi connectivity index (χ4n) is 4.12. The number of fused-ring (bicyclic) bond motifs is 1. The first-order valence-corrected chi connectivity index (χ1v) is 12.5. The van der Waals surface area contributed by atoms with E-state index in [-0.39, 0.29) is 5.54 Å². The Hall–Kier alpha value is -2.61. The summed E-state index contributed by atoms with van der Waals surface area (Å²) < 4.78 is 1.98. The quantitative estimate of drug-likeness (QED) is 0.400. The molecule has 6 nitrogen and oxygen atoms in total. The van der Waals surface area contributed by atoms with E-state index in [0.717, 1.165) is 64.9 Å². The molecule has 2 aromatic carbocycles. The molecule has 0 bridgehead atoms. The van der Waals surface area contributed by atoms with Crippen LogP contribution in [0.3, 0.4) is 0 Å². The van der Waals surface area contributed by atoms with E-state index in [1.807, 2.05) is 34.8 Å². The molecule has 2 aromatic heterocycles. The van der Waals surface area contributed by atoms with Gasteiger partial charge in [-0.15, -0.1) is 5.10 Å². The minimum atomic E-state index is -0.102. The van der Waals surface area contributed by atoms with Gasteiger partial charge >= 0.3 is 0 Å². The van der Waals surface area contributed by atoms with E-state index >= 15 is 0 Å². The molecule has 5 rings (SSSR count). The van der Waals surface area contributed by atoms with Gasteiger partial charge in [0.25, 0.3) is 0 Å². The Kier molecular flexibility index (Phi) is 6.03. The maximum atomic E-state index is 6.15. The molecule has 0 spiro atoms. The van der Waals surface area contributed by atoms with E-state index < -0.39 is 0 Å². The average molecular weight is 481 g/mol. The minimum absolute atomic E-state index is 0.102. The summed E-state index contributed by atoms with van der Waals surface area (Å²) in [7, 11) is 0. The number of piperazine rings is 1. The topological polar surface area (TPSA) is 48.7 Å². The standard InChI is InChI=1S/C25H29ClN6S/c1-25(2,3)28-22-21(19-9-5-4-6-10-19)27-23-32(22)29-24(33-23)31-14-12-30(13-15-31)17-18-8-7-11-20(26)16-18/h4-11,16,28H,12-15,17H2,1-3H3. The van der Waals surface area contributed by atoms with Crippen LogP contribution in [0.2, 0.25) is 5.02 Å². The summed E-state index contributed by atoms with van der Waals surface area (Å²) in [6.45, 7) is 11.3. The van der Waals surface area contributed by atoms with Crippen LogP contribution in [0.25, 0.3) is 16.2 Å². The SMILES string of the molecule is CC(C)(C)Nc1c(-c2ccccc2)nc2sc(N3CCN(Cc4cccc(Cl)c4)CC3)nn12. The van der Waals surface area contributed by atoms with Crippen molar-refractivity contribution in [1.82, 2.24) is 19.5 Å². The van der Waals surface area contributed by atoms with Gasteiger partial charge in [-0.1, -0.05) is 65.4 Å². The Morgan fingerprint density at radius 1 is 1.00 bits per heavy atom. The van der Waals surface area contributed by atoms with Gasteiger partial charge in [0.05, 0.1) is 0 Å². The Labute approximate surface area is 203 Å². The Morgan fingerprint density at radius 2 is 1.76 bits per heavy atom. The van der Waals surface area contributed by atoms with Crippen LogP contribution in [0, 0.1) is 0 Å². The number of imidazole rings is 1. The summed E-state index contributed by atoms with van der Waals surface area (Å²) in [6.07, 6.45) is 0. The van der Waals surface area contributed by atoms with Gasteiger partial charge in [0.15, 0.2) is 5.82 Å². The number of anilines is 2. The van der Waals surface area contributed by atoms with E-state index in [4.69, 9.17) is 21.7 Å². The third kappa shape index (κ3) is 5.00. The van der Waals surface area contributed by atoms with Gasteiger partial charge in [0.2, 0.25) is 10.1 Å². The van der Waals surface area contributed by atoms with Crippen LogP contribution in [0.1, 0.15) is 26.3 Å². The van der Waals surface area contributed by atoms with Crippen molar-refractivity contribution in [3.8, 4) is 11.3 Å². The second-order valence-corrected chi connectivity index (χ2v) is 10.9. The first-order valence-electron chi connectivity index (χ1n) is 11.3. The fourth-order valence-corrected chi connectivity index (χ4v) is 5.29. The maximum Gasteiger partial charge on any atom is 0.216 e. The average Bonchev–Trinajstić information content (AvgIpc) is 3.33. The maximum absolute atomic E-state index is 6.15.